The van der Waals surface area contributed by atoms with Crippen molar-refractivity contribution in [2.45, 2.75) is 39.8 Å². The number of piperazine rings is 1. The first-order chi connectivity index (χ1) is 16.3. The van der Waals surface area contributed by atoms with Crippen LogP contribution in [-0.4, -0.2) is 53.0 Å². The molecule has 2 saturated heterocycles. The maximum absolute atomic E-state index is 13.1. The maximum atomic E-state index is 13.1. The van der Waals surface area contributed by atoms with Gasteiger partial charge in [-0.2, -0.15) is 5.10 Å². The summed E-state index contributed by atoms with van der Waals surface area (Å²) in [4.78, 5) is 17.3. The fourth-order valence-electron chi connectivity index (χ4n) is 5.41. The van der Waals surface area contributed by atoms with E-state index in [1.54, 1.807) is 6.20 Å². The zero-order valence-electron chi connectivity index (χ0n) is 20.4. The average molecular weight is 463 g/mol. The lowest BCUT2D eigenvalue weighted by Crippen LogP contribution is -2.56. The number of hydrogen-bond donors (Lipinski definition) is 3. The Morgan fingerprint density at radius 2 is 1.85 bits per heavy atom. The third-order valence-corrected chi connectivity index (χ3v) is 7.72. The summed E-state index contributed by atoms with van der Waals surface area (Å²) in [7, 11) is 0. The first-order valence-corrected chi connectivity index (χ1v) is 12.0. The topological polar surface area (TPSA) is 99.5 Å². The number of aromatic amines is 1. The Morgan fingerprint density at radius 3 is 2.50 bits per heavy atom. The fourth-order valence-corrected chi connectivity index (χ4v) is 5.41. The van der Waals surface area contributed by atoms with Gasteiger partial charge < -0.3 is 25.6 Å². The summed E-state index contributed by atoms with van der Waals surface area (Å²) in [6.07, 6.45) is 2.48. The predicted octanol–water partition coefficient (Wildman–Crippen LogP) is 3.82. The van der Waals surface area contributed by atoms with E-state index in [9.17, 15) is 4.79 Å². The number of allylic oxidation sites excluding steroid dienone is 4. The van der Waals surface area contributed by atoms with Crippen LogP contribution in [0.5, 0.6) is 0 Å². The third kappa shape index (κ3) is 3.91. The molecule has 8 heteroatoms. The standard InChI is InChI=1S/C26H34N6O2/c1-16-17(2)24-21(18(3)23(16)27)15-26(4,34-24)29-25(33)32-13-11-31(12-14-32)20-7-5-19(6-8-20)22-9-10-28-30-22/h5-10,18,21H,11-15,27H2,1-4H3,(H,28,30)(H,29,33). The number of carbonyl (C=O) groups excluding carboxylic acids is 1. The molecule has 2 aliphatic heterocycles. The van der Waals surface area contributed by atoms with Gasteiger partial charge in [0.05, 0.1) is 5.69 Å². The molecular formula is C26H34N6O2. The Balaban J connectivity index is 1.18. The summed E-state index contributed by atoms with van der Waals surface area (Å²) in [5.74, 6) is 1.39. The predicted molar refractivity (Wildman–Crippen MR) is 133 cm³/mol. The second-order valence-electron chi connectivity index (χ2n) is 9.92. The van der Waals surface area contributed by atoms with Gasteiger partial charge in [0.2, 0.25) is 0 Å². The van der Waals surface area contributed by atoms with Crippen LogP contribution in [-0.2, 0) is 4.74 Å². The molecule has 0 radical (unpaired) electrons. The minimum atomic E-state index is -0.725. The molecule has 1 aromatic carbocycles. The van der Waals surface area contributed by atoms with Crippen LogP contribution in [0.4, 0.5) is 10.5 Å². The molecule has 2 fully saturated rings. The van der Waals surface area contributed by atoms with E-state index < -0.39 is 5.72 Å². The summed E-state index contributed by atoms with van der Waals surface area (Å²) in [6.45, 7) is 11.1. The molecule has 3 heterocycles. The summed E-state index contributed by atoms with van der Waals surface area (Å²) in [5.41, 5.74) is 12.0. The van der Waals surface area contributed by atoms with Crippen molar-refractivity contribution in [1.29, 1.82) is 0 Å². The Hall–Kier alpha value is -3.42. The lowest BCUT2D eigenvalue weighted by Gasteiger charge is -2.37. The van der Waals surface area contributed by atoms with Crippen molar-refractivity contribution >= 4 is 11.7 Å². The molecule has 8 nitrogen and oxygen atoms in total. The Labute approximate surface area is 200 Å². The first kappa shape index (κ1) is 22.4. The van der Waals surface area contributed by atoms with Crippen LogP contribution in [0, 0.1) is 11.8 Å². The van der Waals surface area contributed by atoms with E-state index in [4.69, 9.17) is 10.5 Å². The van der Waals surface area contributed by atoms with E-state index in [-0.39, 0.29) is 17.9 Å². The SMILES string of the molecule is CC1=C(N)C(C)C2CC(C)(NC(=O)N3CCN(c4ccc(-c5ccn[nH]5)cc4)CC3)OC2=C1C. The van der Waals surface area contributed by atoms with Crippen molar-refractivity contribution in [2.75, 3.05) is 31.1 Å². The molecule has 3 atom stereocenters. The average Bonchev–Trinajstić information content (AvgIpc) is 3.50. The van der Waals surface area contributed by atoms with Crippen molar-refractivity contribution in [3.63, 3.8) is 0 Å². The Bertz CT molecular complexity index is 1130. The zero-order chi connectivity index (χ0) is 24.0. The Kier molecular flexibility index (Phi) is 5.54. The number of H-pyrrole nitrogens is 1. The van der Waals surface area contributed by atoms with Gasteiger partial charge in [0.15, 0.2) is 5.72 Å². The van der Waals surface area contributed by atoms with E-state index >= 15 is 0 Å². The van der Waals surface area contributed by atoms with Crippen LogP contribution in [0.2, 0.25) is 0 Å². The van der Waals surface area contributed by atoms with Gasteiger partial charge >= 0.3 is 6.03 Å². The van der Waals surface area contributed by atoms with Crippen molar-refractivity contribution in [3.05, 3.63) is 59.1 Å². The number of hydrogen-bond acceptors (Lipinski definition) is 5. The van der Waals surface area contributed by atoms with E-state index in [0.29, 0.717) is 13.1 Å². The molecule has 4 N–H and O–H groups in total. The van der Waals surface area contributed by atoms with Gasteiger partial charge in [-0.25, -0.2) is 4.79 Å². The summed E-state index contributed by atoms with van der Waals surface area (Å²) < 4.78 is 6.36. The van der Waals surface area contributed by atoms with E-state index in [1.807, 2.05) is 24.8 Å². The van der Waals surface area contributed by atoms with E-state index in [0.717, 1.165) is 59.1 Å². The van der Waals surface area contributed by atoms with Gasteiger partial charge in [-0.3, -0.25) is 5.10 Å². The summed E-state index contributed by atoms with van der Waals surface area (Å²) in [6, 6.07) is 10.3. The molecule has 0 bridgehead atoms. The number of anilines is 1. The van der Waals surface area contributed by atoms with E-state index in [2.05, 4.69) is 58.5 Å². The molecule has 3 unspecified atom stereocenters. The number of rotatable bonds is 3. The zero-order valence-corrected chi connectivity index (χ0v) is 20.4. The molecule has 1 aliphatic carbocycles. The number of nitrogens with zero attached hydrogens (tertiary/aromatic N) is 3. The number of ether oxygens (including phenoxy) is 1. The first-order valence-electron chi connectivity index (χ1n) is 12.0. The maximum Gasteiger partial charge on any atom is 0.320 e. The Morgan fingerprint density at radius 1 is 1.15 bits per heavy atom. The van der Waals surface area contributed by atoms with Gasteiger partial charge in [0, 0.05) is 62.0 Å². The number of aromatic nitrogens is 2. The number of nitrogens with two attached hydrogens (primary N) is 1. The van der Waals surface area contributed by atoms with Crippen molar-refractivity contribution < 1.29 is 9.53 Å². The summed E-state index contributed by atoms with van der Waals surface area (Å²) in [5, 5.41) is 10.2. The van der Waals surface area contributed by atoms with Crippen LogP contribution in [0.25, 0.3) is 11.3 Å². The van der Waals surface area contributed by atoms with Gasteiger partial charge in [-0.1, -0.05) is 19.1 Å². The molecule has 0 saturated carbocycles. The van der Waals surface area contributed by atoms with Crippen LogP contribution >= 0.6 is 0 Å². The highest BCUT2D eigenvalue weighted by Gasteiger charge is 2.47. The van der Waals surface area contributed by atoms with Crippen LogP contribution in [0.3, 0.4) is 0 Å². The normalized spacial score (nSPS) is 27.1. The highest BCUT2D eigenvalue weighted by atomic mass is 16.5. The molecule has 2 amide bonds. The highest BCUT2D eigenvalue weighted by molar-refractivity contribution is 5.75. The number of amides is 2. The van der Waals surface area contributed by atoms with Gasteiger partial charge in [-0.15, -0.1) is 0 Å². The van der Waals surface area contributed by atoms with Gasteiger partial charge in [0.25, 0.3) is 0 Å². The monoisotopic (exact) mass is 462 g/mol. The quantitative estimate of drug-likeness (QED) is 0.644. The van der Waals surface area contributed by atoms with Crippen LogP contribution in [0.15, 0.2) is 59.1 Å². The molecule has 2 aromatic rings. The van der Waals surface area contributed by atoms with Crippen molar-refractivity contribution in [3.8, 4) is 11.3 Å². The second-order valence-corrected chi connectivity index (χ2v) is 9.92. The lowest BCUT2D eigenvalue weighted by atomic mass is 9.78. The van der Waals surface area contributed by atoms with Gasteiger partial charge in [-0.05, 0) is 55.7 Å². The highest BCUT2D eigenvalue weighted by Crippen LogP contribution is 2.47. The smallest absolute Gasteiger partial charge is 0.320 e. The molecule has 180 valence electrons. The fraction of sp³-hybridized carbons (Fsp3) is 0.462. The minimum Gasteiger partial charge on any atom is -0.472 e. The number of carbonyl (C=O) groups is 1. The van der Waals surface area contributed by atoms with Crippen LogP contribution in [0.1, 0.15) is 34.1 Å². The molecule has 3 aliphatic rings. The van der Waals surface area contributed by atoms with Crippen molar-refractivity contribution in [2.24, 2.45) is 17.6 Å². The minimum absolute atomic E-state index is 0.0704. The van der Waals surface area contributed by atoms with Crippen LogP contribution < -0.4 is 16.0 Å². The third-order valence-electron chi connectivity index (χ3n) is 7.72. The number of urea groups is 1. The lowest BCUT2D eigenvalue weighted by molar-refractivity contribution is 0.0284. The number of benzene rings is 1. The number of fused-ring (bicyclic) bond motifs is 1. The van der Waals surface area contributed by atoms with E-state index in [1.165, 1.54) is 0 Å². The summed E-state index contributed by atoms with van der Waals surface area (Å²) >= 11 is 0. The largest absolute Gasteiger partial charge is 0.472 e. The molecule has 0 spiro atoms. The molecule has 1 aromatic heterocycles. The number of nitrogens with one attached hydrogen (secondary N) is 2. The molecule has 34 heavy (non-hydrogen) atoms. The van der Waals surface area contributed by atoms with Crippen molar-refractivity contribution in [1.82, 2.24) is 20.4 Å². The second kappa shape index (κ2) is 8.42. The van der Waals surface area contributed by atoms with Gasteiger partial charge in [0.1, 0.15) is 5.76 Å². The molecule has 5 rings (SSSR count). The molecular weight excluding hydrogens is 428 g/mol.